The molecular formula is C88H124O16. The number of benzene rings is 4. The first-order valence-electron chi connectivity index (χ1n) is 38.8. The Morgan fingerprint density at radius 2 is 0.587 bits per heavy atom. The lowest BCUT2D eigenvalue weighted by Gasteiger charge is -2.35. The van der Waals surface area contributed by atoms with E-state index >= 15 is 0 Å². The van der Waals surface area contributed by atoms with Gasteiger partial charge in [-0.2, -0.15) is 0 Å². The van der Waals surface area contributed by atoms with E-state index in [0.29, 0.717) is 75.1 Å². The van der Waals surface area contributed by atoms with Crippen LogP contribution in [0.2, 0.25) is 0 Å². The van der Waals surface area contributed by atoms with Crippen LogP contribution in [0.5, 0.6) is 23.0 Å². The molecule has 3 aliphatic rings. The zero-order valence-electron chi connectivity index (χ0n) is 65.3. The number of hydrogen-bond donors (Lipinski definition) is 0. The van der Waals surface area contributed by atoms with Gasteiger partial charge in [-0.25, -0.2) is 19.2 Å². The van der Waals surface area contributed by atoms with E-state index in [2.05, 4.69) is 103 Å². The molecule has 0 unspecified atom stereocenters. The molecule has 2 heterocycles. The highest BCUT2D eigenvalue weighted by Gasteiger charge is 2.34. The highest BCUT2D eigenvalue weighted by atomic mass is 16.7. The molecule has 0 aromatic heterocycles. The van der Waals surface area contributed by atoms with Crippen LogP contribution in [0.25, 0.3) is 0 Å². The van der Waals surface area contributed by atoms with Gasteiger partial charge < -0.3 is 56.8 Å². The summed E-state index contributed by atoms with van der Waals surface area (Å²) in [5, 5.41) is 0. The van der Waals surface area contributed by atoms with E-state index in [4.69, 9.17) is 56.8 Å². The van der Waals surface area contributed by atoms with E-state index in [1.165, 1.54) is 0 Å². The number of esters is 4. The highest BCUT2D eigenvalue weighted by Crippen LogP contribution is 2.43. The minimum atomic E-state index is -0.990. The SMILES string of the molecule is C=C(C)C(=O)OCC(COC(=O)C(=C)C)Oc1c2cc(CCCCCC)cc1Cc1cc(CCCCCC)cc(c1OCC1COC(C)(C)OC1)Cc1cc(CCCCCC)cc(c1OC(COC(=O)C(=C)C)COC(=O)C(=C)C)Cc1cc(CCCCCC)cc(c1OCC1COC(C)(C)OC1)C2. The summed E-state index contributed by atoms with van der Waals surface area (Å²) in [6, 6.07) is 18.3. The monoisotopic (exact) mass is 1440 g/mol. The van der Waals surface area contributed by atoms with Crippen LogP contribution < -0.4 is 18.9 Å². The molecule has 0 spiro atoms. The summed E-state index contributed by atoms with van der Waals surface area (Å²) in [7, 11) is 0. The van der Waals surface area contributed by atoms with Gasteiger partial charge in [-0.15, -0.1) is 0 Å². The van der Waals surface area contributed by atoms with Crippen molar-refractivity contribution in [3.63, 3.8) is 0 Å². The number of carbonyl (C=O) groups excluding carboxylic acids is 4. The lowest BCUT2D eigenvalue weighted by atomic mass is 9.86. The molecular weight excluding hydrogens is 1310 g/mol. The van der Waals surface area contributed by atoms with E-state index < -0.39 is 47.7 Å². The molecule has 0 atom stereocenters. The molecule has 104 heavy (non-hydrogen) atoms. The van der Waals surface area contributed by atoms with Crippen LogP contribution in [-0.4, -0.2) is 114 Å². The first-order chi connectivity index (χ1) is 49.8. The van der Waals surface area contributed by atoms with E-state index in [0.717, 1.165) is 195 Å². The third-order valence-corrected chi connectivity index (χ3v) is 19.2. The van der Waals surface area contributed by atoms with Crippen molar-refractivity contribution in [2.45, 2.75) is 261 Å². The number of fused-ring (bicyclic) bond motifs is 8. The molecule has 0 radical (unpaired) electrons. The maximum atomic E-state index is 13.4. The number of hydrogen-bond acceptors (Lipinski definition) is 16. The number of ether oxygens (including phenoxy) is 12. The van der Waals surface area contributed by atoms with Gasteiger partial charge in [-0.05, 0) is 174 Å². The minimum absolute atomic E-state index is 0.120. The number of unbranched alkanes of at least 4 members (excludes halogenated alkanes) is 12. The molecule has 7 rings (SSSR count). The molecule has 572 valence electrons. The maximum absolute atomic E-state index is 13.4. The van der Waals surface area contributed by atoms with Crippen molar-refractivity contribution in [3.05, 3.63) is 164 Å². The van der Waals surface area contributed by atoms with Crippen LogP contribution in [0.15, 0.2) is 97.1 Å². The standard InChI is InChI=1S/C88H124O16/c1-17-21-25-29-33-63-37-69-45-73-41-65(35-31-27-23-19-3)43-75(81(73)103-77(55-95-83(89)59(5)6)56-96-84(90)60(7)8)47-71-39-64(34-30-26-22-18-2)40-72(80(71)94-50-68-53-101-88(15,16)102-54-68)48-76-44-66(36-32-28-24-20-4)42-74(46-70(38-63)79(69)93-49-67-51-99-87(13,14)100-52-67)82(76)104-78(57-97-85(91)61(9)10)58-98-86(92)62(11)12/h37-44,67-68,77-78H,5,7,9,11,17-36,45-58H2,1-4,6,8,10,12-16H3. The molecule has 1 aliphatic carbocycles. The van der Waals surface area contributed by atoms with Gasteiger partial charge in [0.2, 0.25) is 0 Å². The molecule has 8 bridgehead atoms. The average Bonchev–Trinajstić information content (AvgIpc) is 0.770. The molecule has 2 fully saturated rings. The molecule has 0 saturated carbocycles. The average molecular weight is 1440 g/mol. The molecule has 4 aromatic carbocycles. The number of aryl methyl sites for hydroxylation is 4. The van der Waals surface area contributed by atoms with Gasteiger partial charge in [0.1, 0.15) is 49.4 Å². The second-order valence-corrected chi connectivity index (χ2v) is 30.3. The number of carbonyl (C=O) groups is 4. The quantitative estimate of drug-likeness (QED) is 0.0156. The summed E-state index contributed by atoms with van der Waals surface area (Å²) < 4.78 is 78.9. The number of rotatable bonds is 42. The van der Waals surface area contributed by atoms with Crippen molar-refractivity contribution in [1.82, 2.24) is 0 Å². The fraction of sp³-hybridized carbons (Fsp3) is 0.591. The van der Waals surface area contributed by atoms with Crippen LogP contribution in [0, 0.1) is 11.8 Å². The van der Waals surface area contributed by atoms with Crippen LogP contribution in [0.3, 0.4) is 0 Å². The summed E-state index contributed by atoms with van der Waals surface area (Å²) >= 11 is 0. The molecule has 16 heteroatoms. The van der Waals surface area contributed by atoms with Crippen molar-refractivity contribution in [2.24, 2.45) is 11.8 Å². The van der Waals surface area contributed by atoms with Gasteiger partial charge in [0.15, 0.2) is 23.8 Å². The van der Waals surface area contributed by atoms with Gasteiger partial charge in [0.25, 0.3) is 0 Å². The Hall–Kier alpha value is -7.24. The van der Waals surface area contributed by atoms with Crippen molar-refractivity contribution in [3.8, 4) is 23.0 Å². The summed E-state index contributed by atoms with van der Waals surface area (Å²) in [4.78, 5) is 53.8. The van der Waals surface area contributed by atoms with Crippen molar-refractivity contribution in [2.75, 3.05) is 66.1 Å². The molecule has 16 nitrogen and oxygen atoms in total. The Labute approximate surface area is 622 Å². The van der Waals surface area contributed by atoms with Gasteiger partial charge >= 0.3 is 23.9 Å². The Kier molecular flexibility index (Phi) is 34.1. The molecule has 0 amide bonds. The fourth-order valence-electron chi connectivity index (χ4n) is 13.2. The highest BCUT2D eigenvalue weighted by molar-refractivity contribution is 5.88. The van der Waals surface area contributed by atoms with Gasteiger partial charge in [-0.3, -0.25) is 0 Å². The summed E-state index contributed by atoms with van der Waals surface area (Å²) in [5.74, 6) is -1.66. The maximum Gasteiger partial charge on any atom is 0.333 e. The lowest BCUT2D eigenvalue weighted by molar-refractivity contribution is -0.264. The normalized spacial score (nSPS) is 15.1. The Balaban J connectivity index is 1.64. The van der Waals surface area contributed by atoms with E-state index in [9.17, 15) is 19.2 Å². The van der Waals surface area contributed by atoms with Crippen molar-refractivity contribution >= 4 is 23.9 Å². The fourth-order valence-corrected chi connectivity index (χ4v) is 13.2. The predicted octanol–water partition coefficient (Wildman–Crippen LogP) is 18.4. The molecule has 0 N–H and O–H groups in total. The zero-order valence-corrected chi connectivity index (χ0v) is 65.3. The van der Waals surface area contributed by atoms with Crippen LogP contribution in [0.1, 0.15) is 253 Å². The van der Waals surface area contributed by atoms with Crippen molar-refractivity contribution < 1.29 is 76.0 Å². The van der Waals surface area contributed by atoms with Crippen LogP contribution in [0.4, 0.5) is 0 Å². The Morgan fingerprint density at radius 3 is 0.798 bits per heavy atom. The summed E-state index contributed by atoms with van der Waals surface area (Å²) in [5.41, 5.74) is 12.5. The first kappa shape index (κ1) is 84.0. The van der Waals surface area contributed by atoms with Gasteiger partial charge in [0.05, 0.1) is 39.6 Å². The Morgan fingerprint density at radius 1 is 0.365 bits per heavy atom. The smallest absolute Gasteiger partial charge is 0.333 e. The van der Waals surface area contributed by atoms with Crippen LogP contribution in [-0.2, 0) is 108 Å². The van der Waals surface area contributed by atoms with Gasteiger partial charge in [0, 0.05) is 59.8 Å². The lowest BCUT2D eigenvalue weighted by Crippen LogP contribution is -2.41. The van der Waals surface area contributed by atoms with E-state index in [-0.39, 0.29) is 73.8 Å². The zero-order chi connectivity index (χ0) is 75.3. The molecule has 2 saturated heterocycles. The Bertz CT molecular complexity index is 3130. The molecule has 2 aliphatic heterocycles. The second kappa shape index (κ2) is 42.2. The molecule has 4 aromatic rings. The van der Waals surface area contributed by atoms with Crippen LogP contribution >= 0.6 is 0 Å². The van der Waals surface area contributed by atoms with Crippen molar-refractivity contribution in [1.29, 1.82) is 0 Å². The minimum Gasteiger partial charge on any atom is -0.493 e. The topological polar surface area (TPSA) is 179 Å². The third-order valence-electron chi connectivity index (χ3n) is 19.2. The second-order valence-electron chi connectivity index (χ2n) is 30.3. The third kappa shape index (κ3) is 27.3. The summed E-state index contributed by atoms with van der Waals surface area (Å²) in [6.45, 7) is 39.7. The first-order valence-corrected chi connectivity index (χ1v) is 38.8. The largest absolute Gasteiger partial charge is 0.493 e. The summed E-state index contributed by atoms with van der Waals surface area (Å²) in [6.07, 6.45) is 19.2. The van der Waals surface area contributed by atoms with E-state index in [1.807, 2.05) is 27.7 Å². The van der Waals surface area contributed by atoms with E-state index in [1.54, 1.807) is 27.7 Å². The predicted molar refractivity (Wildman–Crippen MR) is 410 cm³/mol. The van der Waals surface area contributed by atoms with Gasteiger partial charge in [-0.1, -0.05) is 180 Å².